The van der Waals surface area contributed by atoms with E-state index in [1.54, 1.807) is 14.2 Å². The molecule has 1 aliphatic heterocycles. The summed E-state index contributed by atoms with van der Waals surface area (Å²) in [6.45, 7) is 6.50. The van der Waals surface area contributed by atoms with Gasteiger partial charge in [-0.1, -0.05) is 30.3 Å². The lowest BCUT2D eigenvalue weighted by Crippen LogP contribution is -2.49. The van der Waals surface area contributed by atoms with Gasteiger partial charge in [0, 0.05) is 32.7 Å². The number of rotatable bonds is 7. The van der Waals surface area contributed by atoms with Crippen LogP contribution in [0.25, 0.3) is 0 Å². The molecule has 1 aliphatic rings. The van der Waals surface area contributed by atoms with Crippen molar-refractivity contribution in [3.8, 4) is 11.5 Å². The quantitative estimate of drug-likeness (QED) is 0.738. The Hall–Kier alpha value is -2.53. The highest BCUT2D eigenvalue weighted by atomic mass is 16.5. The summed E-state index contributed by atoms with van der Waals surface area (Å²) in [6, 6.07) is 14.2. The maximum absolute atomic E-state index is 12.6. The number of aryl methyl sites for hydroxylation is 1. The minimum atomic E-state index is 0.230. The number of piperazine rings is 1. The maximum atomic E-state index is 12.6. The zero-order chi connectivity index (χ0) is 19.9. The highest BCUT2D eigenvalue weighted by Gasteiger charge is 2.21. The number of benzene rings is 2. The number of amides is 1. The molecule has 28 heavy (non-hydrogen) atoms. The van der Waals surface area contributed by atoms with Gasteiger partial charge in [-0.25, -0.2) is 0 Å². The Bertz CT molecular complexity index is 798. The van der Waals surface area contributed by atoms with Crippen molar-refractivity contribution in [3.63, 3.8) is 0 Å². The lowest BCUT2D eigenvalue weighted by atomic mass is 10.1. The van der Waals surface area contributed by atoms with Gasteiger partial charge in [-0.05, 0) is 42.2 Å². The molecule has 0 aromatic heterocycles. The van der Waals surface area contributed by atoms with Gasteiger partial charge >= 0.3 is 0 Å². The minimum absolute atomic E-state index is 0.230. The highest BCUT2D eigenvalue weighted by molar-refractivity contribution is 5.79. The highest BCUT2D eigenvalue weighted by Crippen LogP contribution is 2.27. The molecule has 5 nitrogen and oxygen atoms in total. The standard InChI is InChI=1S/C23H30N2O3/c1-18-6-4-5-7-20(18)17-23(26)25-14-12-24(13-15-25)11-10-19-8-9-21(27-2)22(16-19)28-3/h4-9,16H,10-15,17H2,1-3H3. The molecule has 1 fully saturated rings. The summed E-state index contributed by atoms with van der Waals surface area (Å²) in [5.74, 6) is 1.76. The molecule has 0 N–H and O–H groups in total. The van der Waals surface area contributed by atoms with Crippen LogP contribution in [0.1, 0.15) is 16.7 Å². The van der Waals surface area contributed by atoms with Gasteiger partial charge in [0.25, 0.3) is 0 Å². The summed E-state index contributed by atoms with van der Waals surface area (Å²) < 4.78 is 10.7. The van der Waals surface area contributed by atoms with Crippen LogP contribution >= 0.6 is 0 Å². The summed E-state index contributed by atoms with van der Waals surface area (Å²) in [7, 11) is 3.31. The van der Waals surface area contributed by atoms with Gasteiger partial charge in [0.2, 0.25) is 5.91 Å². The molecule has 0 unspecified atom stereocenters. The third kappa shape index (κ3) is 5.04. The first-order valence-corrected chi connectivity index (χ1v) is 9.86. The lowest BCUT2D eigenvalue weighted by molar-refractivity contribution is -0.132. The third-order valence-corrected chi connectivity index (χ3v) is 5.49. The molecule has 1 amide bonds. The summed E-state index contributed by atoms with van der Waals surface area (Å²) in [4.78, 5) is 17.0. The van der Waals surface area contributed by atoms with E-state index in [0.717, 1.165) is 56.2 Å². The molecule has 1 saturated heterocycles. The number of ether oxygens (including phenoxy) is 2. The molecule has 0 radical (unpaired) electrons. The monoisotopic (exact) mass is 382 g/mol. The number of nitrogens with zero attached hydrogens (tertiary/aromatic N) is 2. The van der Waals surface area contributed by atoms with Crippen LogP contribution in [0, 0.1) is 6.92 Å². The fourth-order valence-electron chi connectivity index (χ4n) is 3.63. The smallest absolute Gasteiger partial charge is 0.227 e. The molecule has 2 aromatic carbocycles. The van der Waals surface area contributed by atoms with Crippen LogP contribution in [0.15, 0.2) is 42.5 Å². The van der Waals surface area contributed by atoms with Crippen LogP contribution < -0.4 is 9.47 Å². The lowest BCUT2D eigenvalue weighted by Gasteiger charge is -2.35. The van der Waals surface area contributed by atoms with E-state index in [0.29, 0.717) is 6.42 Å². The largest absolute Gasteiger partial charge is 0.493 e. The average molecular weight is 383 g/mol. The Labute approximate surface area is 167 Å². The zero-order valence-corrected chi connectivity index (χ0v) is 17.1. The van der Waals surface area contributed by atoms with Gasteiger partial charge in [0.1, 0.15) is 0 Å². The fraction of sp³-hybridized carbons (Fsp3) is 0.435. The van der Waals surface area contributed by atoms with Crippen molar-refractivity contribution >= 4 is 5.91 Å². The molecule has 2 aromatic rings. The third-order valence-electron chi connectivity index (χ3n) is 5.49. The number of hydrogen-bond acceptors (Lipinski definition) is 4. The Morgan fingerprint density at radius 1 is 0.964 bits per heavy atom. The van der Waals surface area contributed by atoms with E-state index in [1.165, 1.54) is 11.1 Å². The number of hydrogen-bond donors (Lipinski definition) is 0. The minimum Gasteiger partial charge on any atom is -0.493 e. The van der Waals surface area contributed by atoms with Crippen molar-refractivity contribution in [2.24, 2.45) is 0 Å². The van der Waals surface area contributed by atoms with Crippen molar-refractivity contribution in [2.45, 2.75) is 19.8 Å². The summed E-state index contributed by atoms with van der Waals surface area (Å²) >= 11 is 0. The van der Waals surface area contributed by atoms with E-state index < -0.39 is 0 Å². The fourth-order valence-corrected chi connectivity index (χ4v) is 3.63. The van der Waals surface area contributed by atoms with E-state index in [9.17, 15) is 4.79 Å². The second-order valence-electron chi connectivity index (χ2n) is 7.27. The van der Waals surface area contributed by atoms with Crippen molar-refractivity contribution in [2.75, 3.05) is 46.9 Å². The number of carbonyl (C=O) groups is 1. The first kappa shape index (κ1) is 20.2. The van der Waals surface area contributed by atoms with E-state index in [1.807, 2.05) is 35.2 Å². The van der Waals surface area contributed by atoms with Gasteiger partial charge in [-0.15, -0.1) is 0 Å². The Morgan fingerprint density at radius 3 is 2.36 bits per heavy atom. The zero-order valence-electron chi connectivity index (χ0n) is 17.1. The van der Waals surface area contributed by atoms with Gasteiger partial charge in [0.15, 0.2) is 11.5 Å². The van der Waals surface area contributed by atoms with Crippen LogP contribution in [0.2, 0.25) is 0 Å². The summed E-state index contributed by atoms with van der Waals surface area (Å²) in [5.41, 5.74) is 3.54. The van der Waals surface area contributed by atoms with Crippen LogP contribution in [0.3, 0.4) is 0 Å². The molecule has 0 atom stereocenters. The first-order chi connectivity index (χ1) is 13.6. The first-order valence-electron chi connectivity index (χ1n) is 9.86. The number of methoxy groups -OCH3 is 2. The molecule has 0 bridgehead atoms. The molecule has 0 aliphatic carbocycles. The van der Waals surface area contributed by atoms with Crippen LogP contribution in [-0.4, -0.2) is 62.7 Å². The summed E-state index contributed by atoms with van der Waals surface area (Å²) in [5, 5.41) is 0. The Morgan fingerprint density at radius 2 is 1.68 bits per heavy atom. The molecule has 1 heterocycles. The van der Waals surface area contributed by atoms with Gasteiger partial charge in [-0.3, -0.25) is 9.69 Å². The van der Waals surface area contributed by atoms with E-state index in [-0.39, 0.29) is 5.91 Å². The van der Waals surface area contributed by atoms with Crippen molar-refractivity contribution in [3.05, 3.63) is 59.2 Å². The molecule has 150 valence electrons. The SMILES string of the molecule is COc1ccc(CCN2CCN(C(=O)Cc3ccccc3C)CC2)cc1OC. The Balaban J connectivity index is 1.46. The van der Waals surface area contributed by atoms with Crippen LogP contribution in [-0.2, 0) is 17.6 Å². The van der Waals surface area contributed by atoms with Crippen molar-refractivity contribution in [1.82, 2.24) is 9.80 Å². The maximum Gasteiger partial charge on any atom is 0.227 e. The molecule has 0 spiro atoms. The van der Waals surface area contributed by atoms with Gasteiger partial charge in [0.05, 0.1) is 20.6 Å². The molecule has 3 rings (SSSR count). The van der Waals surface area contributed by atoms with E-state index in [2.05, 4.69) is 24.0 Å². The van der Waals surface area contributed by atoms with Crippen molar-refractivity contribution < 1.29 is 14.3 Å². The van der Waals surface area contributed by atoms with Gasteiger partial charge in [-0.2, -0.15) is 0 Å². The predicted octanol–water partition coefficient (Wildman–Crippen LogP) is 2.94. The molecule has 0 saturated carbocycles. The normalized spacial score (nSPS) is 14.8. The van der Waals surface area contributed by atoms with Gasteiger partial charge < -0.3 is 14.4 Å². The van der Waals surface area contributed by atoms with E-state index in [4.69, 9.17) is 9.47 Å². The second-order valence-corrected chi connectivity index (χ2v) is 7.27. The number of carbonyl (C=O) groups excluding carboxylic acids is 1. The van der Waals surface area contributed by atoms with Crippen LogP contribution in [0.4, 0.5) is 0 Å². The average Bonchev–Trinajstić information content (AvgIpc) is 2.74. The molecular weight excluding hydrogens is 352 g/mol. The topological polar surface area (TPSA) is 42.0 Å². The second kappa shape index (κ2) is 9.60. The summed E-state index contributed by atoms with van der Waals surface area (Å²) in [6.07, 6.45) is 1.45. The van der Waals surface area contributed by atoms with Crippen LogP contribution in [0.5, 0.6) is 11.5 Å². The van der Waals surface area contributed by atoms with E-state index >= 15 is 0 Å². The molecular formula is C23H30N2O3. The van der Waals surface area contributed by atoms with Crippen molar-refractivity contribution in [1.29, 1.82) is 0 Å². The molecule has 5 heteroatoms. The predicted molar refractivity (Wildman–Crippen MR) is 111 cm³/mol. The Kier molecular flexibility index (Phi) is 6.93.